The number of nitrogens with zero attached hydrogens (tertiary/aromatic N) is 3. The van der Waals surface area contributed by atoms with Crippen molar-refractivity contribution in [2.24, 2.45) is 0 Å². The van der Waals surface area contributed by atoms with Crippen molar-refractivity contribution in [3.8, 4) is 23.1 Å². The minimum Gasteiger partial charge on any atom is -0.497 e. The predicted octanol–water partition coefficient (Wildman–Crippen LogP) is 4.76. The topological polar surface area (TPSA) is 69.0 Å². The van der Waals surface area contributed by atoms with Gasteiger partial charge >= 0.3 is 0 Å². The molecule has 0 amide bonds. The van der Waals surface area contributed by atoms with Gasteiger partial charge < -0.3 is 19.3 Å². The summed E-state index contributed by atoms with van der Waals surface area (Å²) in [6, 6.07) is 17.4. The summed E-state index contributed by atoms with van der Waals surface area (Å²) >= 11 is 0. The van der Waals surface area contributed by atoms with Crippen LogP contribution in [0.3, 0.4) is 0 Å². The van der Waals surface area contributed by atoms with Gasteiger partial charge in [0.25, 0.3) is 0 Å². The van der Waals surface area contributed by atoms with E-state index in [0.29, 0.717) is 31.3 Å². The fourth-order valence-corrected chi connectivity index (χ4v) is 3.74. The van der Waals surface area contributed by atoms with E-state index >= 15 is 0 Å². The normalized spacial score (nSPS) is 12.0. The third-order valence-corrected chi connectivity index (χ3v) is 5.35. The number of ether oxygens (including phenoxy) is 3. The van der Waals surface area contributed by atoms with Crippen LogP contribution in [0.1, 0.15) is 24.6 Å². The average Bonchev–Trinajstić information content (AvgIpc) is 3.15. The number of aliphatic hydroxyl groups is 1. The van der Waals surface area contributed by atoms with Crippen LogP contribution in [0.15, 0.2) is 67.3 Å². The molecule has 182 valence electrons. The minimum atomic E-state index is -0.595. The average molecular weight is 466 g/mol. The molecule has 0 radical (unpaired) electrons. The Morgan fingerprint density at radius 2 is 1.82 bits per heavy atom. The number of para-hydroxylation sites is 1. The number of methoxy groups -OCH3 is 1. The first-order chi connectivity index (χ1) is 16.5. The van der Waals surface area contributed by atoms with Crippen LogP contribution >= 0.6 is 0 Å². The van der Waals surface area contributed by atoms with Crippen LogP contribution in [0.2, 0.25) is 0 Å². The molecule has 0 aliphatic carbocycles. The lowest BCUT2D eigenvalue weighted by molar-refractivity contribution is 0.0244. The monoisotopic (exact) mass is 465 g/mol. The molecule has 7 nitrogen and oxygen atoms in total. The Labute approximate surface area is 202 Å². The summed E-state index contributed by atoms with van der Waals surface area (Å²) in [6.45, 7) is 10.4. The van der Waals surface area contributed by atoms with Crippen molar-refractivity contribution in [1.82, 2.24) is 14.7 Å². The molecule has 1 heterocycles. The fourth-order valence-electron chi connectivity index (χ4n) is 3.74. The summed E-state index contributed by atoms with van der Waals surface area (Å²) in [5.74, 6) is 2.12. The highest BCUT2D eigenvalue weighted by atomic mass is 16.5. The molecule has 0 saturated carbocycles. The van der Waals surface area contributed by atoms with Gasteiger partial charge in [-0.2, -0.15) is 5.10 Å². The summed E-state index contributed by atoms with van der Waals surface area (Å²) in [5.41, 5.74) is 2.78. The van der Waals surface area contributed by atoms with Crippen molar-refractivity contribution in [2.45, 2.75) is 32.9 Å². The quantitative estimate of drug-likeness (QED) is 0.274. The maximum atomic E-state index is 10.5. The lowest BCUT2D eigenvalue weighted by Crippen LogP contribution is -2.35. The van der Waals surface area contributed by atoms with Gasteiger partial charge in [-0.15, -0.1) is 6.58 Å². The van der Waals surface area contributed by atoms with E-state index in [1.54, 1.807) is 13.2 Å². The first-order valence-corrected chi connectivity index (χ1v) is 11.6. The summed E-state index contributed by atoms with van der Waals surface area (Å²) < 4.78 is 18.9. The molecule has 0 bridgehead atoms. The van der Waals surface area contributed by atoms with Crippen LogP contribution in [0.5, 0.6) is 17.4 Å². The largest absolute Gasteiger partial charge is 0.497 e. The van der Waals surface area contributed by atoms with Gasteiger partial charge in [0.1, 0.15) is 11.5 Å². The molecule has 0 aliphatic rings. The second-order valence-electron chi connectivity index (χ2n) is 8.11. The Balaban J connectivity index is 1.91. The Bertz CT molecular complexity index is 1020. The number of hydrogen-bond acceptors (Lipinski definition) is 6. The lowest BCUT2D eigenvalue weighted by atomic mass is 10.2. The summed E-state index contributed by atoms with van der Waals surface area (Å²) in [7, 11) is 1.64. The fraction of sp³-hybridized carbons (Fsp3) is 0.370. The molecule has 0 fully saturated rings. The van der Waals surface area contributed by atoms with E-state index in [-0.39, 0.29) is 6.61 Å². The molecule has 3 aromatic rings. The molecule has 2 aromatic carbocycles. The Kier molecular flexibility index (Phi) is 9.70. The zero-order valence-corrected chi connectivity index (χ0v) is 20.3. The standard InChI is InChI=1S/C27H35N3O4/c1-5-16-29(18-23(31)20-33-17-6-2)19-26-21(3)28-30(22-10-8-7-9-11-22)27(26)34-25-14-12-24(32-4)13-15-25/h6-15,23,31H,2,5,16-20H2,1,3-4H3/t23-/m0/s1. The summed E-state index contributed by atoms with van der Waals surface area (Å²) in [6.07, 6.45) is 2.04. The van der Waals surface area contributed by atoms with Crippen molar-refractivity contribution < 1.29 is 19.3 Å². The molecule has 0 aliphatic heterocycles. The van der Waals surface area contributed by atoms with Crippen molar-refractivity contribution in [2.75, 3.05) is 33.4 Å². The van der Waals surface area contributed by atoms with E-state index < -0.39 is 6.10 Å². The van der Waals surface area contributed by atoms with Crippen LogP contribution in [0, 0.1) is 6.92 Å². The first kappa shape index (κ1) is 25.5. The lowest BCUT2D eigenvalue weighted by Gasteiger charge is -2.25. The Hall–Kier alpha value is -3.13. The van der Waals surface area contributed by atoms with Crippen LogP contribution in [-0.2, 0) is 11.3 Å². The highest BCUT2D eigenvalue weighted by Crippen LogP contribution is 2.32. The molecule has 0 saturated heterocycles. The molecule has 1 atom stereocenters. The highest BCUT2D eigenvalue weighted by molar-refractivity contribution is 5.44. The number of aryl methyl sites for hydroxylation is 1. The number of rotatable bonds is 14. The van der Waals surface area contributed by atoms with Crippen molar-refractivity contribution in [3.05, 3.63) is 78.5 Å². The molecular weight excluding hydrogens is 430 g/mol. The minimum absolute atomic E-state index is 0.268. The third kappa shape index (κ3) is 6.93. The van der Waals surface area contributed by atoms with Crippen LogP contribution in [-0.4, -0.2) is 59.3 Å². The highest BCUT2D eigenvalue weighted by Gasteiger charge is 2.22. The zero-order chi connectivity index (χ0) is 24.3. The number of benzene rings is 2. The molecule has 1 N–H and O–H groups in total. The molecule has 3 rings (SSSR count). The van der Waals surface area contributed by atoms with Crippen molar-refractivity contribution in [1.29, 1.82) is 0 Å². The second kappa shape index (κ2) is 12.9. The first-order valence-electron chi connectivity index (χ1n) is 11.6. The number of aromatic nitrogens is 2. The van der Waals surface area contributed by atoms with Gasteiger partial charge in [0.05, 0.1) is 43.4 Å². The molecule has 1 aromatic heterocycles. The van der Waals surface area contributed by atoms with Gasteiger partial charge in [0.2, 0.25) is 5.88 Å². The van der Waals surface area contributed by atoms with Crippen molar-refractivity contribution in [3.63, 3.8) is 0 Å². The smallest absolute Gasteiger partial charge is 0.227 e. The predicted molar refractivity (Wildman–Crippen MR) is 134 cm³/mol. The van der Waals surface area contributed by atoms with Gasteiger partial charge in [-0.05, 0) is 56.3 Å². The number of hydrogen-bond donors (Lipinski definition) is 1. The summed E-state index contributed by atoms with van der Waals surface area (Å²) in [5, 5.41) is 15.3. The van der Waals surface area contributed by atoms with Gasteiger partial charge in [0, 0.05) is 13.1 Å². The third-order valence-electron chi connectivity index (χ3n) is 5.35. The SMILES string of the molecule is C=CCOC[C@@H](O)CN(CCC)Cc1c(C)nn(-c2ccccc2)c1Oc1ccc(OC)cc1. The molecule has 0 unspecified atom stereocenters. The van der Waals surface area contributed by atoms with E-state index in [2.05, 4.69) is 18.4 Å². The second-order valence-corrected chi connectivity index (χ2v) is 8.11. The Morgan fingerprint density at radius 1 is 1.12 bits per heavy atom. The van der Waals surface area contributed by atoms with E-state index in [1.807, 2.05) is 66.2 Å². The Morgan fingerprint density at radius 3 is 2.47 bits per heavy atom. The summed E-state index contributed by atoms with van der Waals surface area (Å²) in [4.78, 5) is 2.21. The molecule has 7 heteroatoms. The van der Waals surface area contributed by atoms with Gasteiger partial charge in [-0.1, -0.05) is 31.2 Å². The molecule has 0 spiro atoms. The molecular formula is C27H35N3O4. The zero-order valence-electron chi connectivity index (χ0n) is 20.3. The van der Waals surface area contributed by atoms with Gasteiger partial charge in [-0.3, -0.25) is 4.90 Å². The van der Waals surface area contributed by atoms with Crippen molar-refractivity contribution >= 4 is 0 Å². The maximum absolute atomic E-state index is 10.5. The van der Waals surface area contributed by atoms with Gasteiger partial charge in [-0.25, -0.2) is 4.68 Å². The van der Waals surface area contributed by atoms with E-state index in [1.165, 1.54) is 0 Å². The van der Waals surface area contributed by atoms with Crippen LogP contribution in [0.25, 0.3) is 5.69 Å². The van der Waals surface area contributed by atoms with Gasteiger partial charge in [0.15, 0.2) is 0 Å². The molecule has 34 heavy (non-hydrogen) atoms. The van der Waals surface area contributed by atoms with Crippen LogP contribution < -0.4 is 9.47 Å². The van der Waals surface area contributed by atoms with Crippen LogP contribution in [0.4, 0.5) is 0 Å². The van der Waals surface area contributed by atoms with E-state index in [9.17, 15) is 5.11 Å². The maximum Gasteiger partial charge on any atom is 0.227 e. The number of aliphatic hydroxyl groups excluding tert-OH is 1. The van der Waals surface area contributed by atoms with E-state index in [4.69, 9.17) is 19.3 Å². The van der Waals surface area contributed by atoms with E-state index in [0.717, 1.165) is 35.7 Å².